The average molecular weight is 246 g/mol. The Morgan fingerprint density at radius 2 is 2.25 bits per heavy atom. The second-order valence-electron chi connectivity index (χ2n) is 4.40. The first-order valence-corrected chi connectivity index (χ1v) is 6.83. The van der Waals surface area contributed by atoms with Gasteiger partial charge in [-0.2, -0.15) is 11.8 Å². The van der Waals surface area contributed by atoms with Crippen LogP contribution in [0.3, 0.4) is 0 Å². The molecule has 0 aromatic rings. The summed E-state index contributed by atoms with van der Waals surface area (Å²) < 4.78 is 10.9. The third-order valence-corrected chi connectivity index (χ3v) is 4.80. The minimum Gasteiger partial charge on any atom is -0.479 e. The summed E-state index contributed by atoms with van der Waals surface area (Å²) in [6.07, 6.45) is 2.47. The lowest BCUT2D eigenvalue weighted by Gasteiger charge is -2.16. The lowest BCUT2D eigenvalue weighted by Crippen LogP contribution is -2.22. The van der Waals surface area contributed by atoms with Crippen LogP contribution >= 0.6 is 11.8 Å². The van der Waals surface area contributed by atoms with Gasteiger partial charge in [-0.15, -0.1) is 0 Å². The Kier molecular flexibility index (Phi) is 4.10. The van der Waals surface area contributed by atoms with Crippen LogP contribution in [0.1, 0.15) is 26.2 Å². The van der Waals surface area contributed by atoms with E-state index in [0.717, 1.165) is 25.2 Å². The van der Waals surface area contributed by atoms with Crippen LogP contribution in [0.25, 0.3) is 0 Å². The standard InChI is InChI=1S/C11H18O4S/c1-7-10(4-5-14-7)16-6-8-2-3-9(15-8)11(12)13/h7-10H,2-6H2,1H3,(H,12,13). The summed E-state index contributed by atoms with van der Waals surface area (Å²) in [4.78, 5) is 10.7. The molecule has 0 radical (unpaired) electrons. The van der Waals surface area contributed by atoms with E-state index in [1.165, 1.54) is 0 Å². The minimum atomic E-state index is -0.829. The van der Waals surface area contributed by atoms with Crippen molar-refractivity contribution in [3.8, 4) is 0 Å². The molecule has 0 spiro atoms. The molecule has 2 aliphatic rings. The van der Waals surface area contributed by atoms with Gasteiger partial charge in [-0.05, 0) is 26.2 Å². The molecule has 0 saturated carbocycles. The van der Waals surface area contributed by atoms with E-state index in [2.05, 4.69) is 6.92 Å². The zero-order chi connectivity index (χ0) is 11.5. The highest BCUT2D eigenvalue weighted by atomic mass is 32.2. The van der Waals surface area contributed by atoms with E-state index >= 15 is 0 Å². The van der Waals surface area contributed by atoms with Crippen LogP contribution in [0.2, 0.25) is 0 Å². The molecule has 16 heavy (non-hydrogen) atoms. The van der Waals surface area contributed by atoms with Gasteiger partial charge >= 0.3 is 5.97 Å². The van der Waals surface area contributed by atoms with Crippen molar-refractivity contribution in [2.75, 3.05) is 12.4 Å². The van der Waals surface area contributed by atoms with Crippen molar-refractivity contribution in [2.45, 2.75) is 49.7 Å². The largest absolute Gasteiger partial charge is 0.479 e. The Labute approximate surface area is 99.7 Å². The van der Waals surface area contributed by atoms with Crippen LogP contribution in [0, 0.1) is 0 Å². The Bertz CT molecular complexity index is 258. The molecular weight excluding hydrogens is 228 g/mol. The second kappa shape index (κ2) is 5.38. The van der Waals surface area contributed by atoms with Gasteiger partial charge in [0.15, 0.2) is 6.10 Å². The Hall–Kier alpha value is -0.260. The average Bonchev–Trinajstić information content (AvgIpc) is 2.83. The van der Waals surface area contributed by atoms with Crippen LogP contribution < -0.4 is 0 Å². The summed E-state index contributed by atoms with van der Waals surface area (Å²) in [5, 5.41) is 9.35. The fraction of sp³-hybridized carbons (Fsp3) is 0.909. The molecule has 2 aliphatic heterocycles. The first-order chi connectivity index (χ1) is 7.66. The van der Waals surface area contributed by atoms with Crippen molar-refractivity contribution >= 4 is 17.7 Å². The SMILES string of the molecule is CC1OCCC1SCC1CCC(C(=O)O)O1. The zero-order valence-electron chi connectivity index (χ0n) is 9.43. The molecule has 4 atom stereocenters. The normalized spacial score (nSPS) is 39.1. The monoisotopic (exact) mass is 246 g/mol. The summed E-state index contributed by atoms with van der Waals surface area (Å²) in [6.45, 7) is 2.95. The number of aliphatic carboxylic acids is 1. The maximum Gasteiger partial charge on any atom is 0.332 e. The first-order valence-electron chi connectivity index (χ1n) is 5.78. The second-order valence-corrected chi connectivity index (χ2v) is 5.67. The molecule has 0 amide bonds. The van der Waals surface area contributed by atoms with E-state index in [1.54, 1.807) is 0 Å². The lowest BCUT2D eigenvalue weighted by molar-refractivity contribution is -0.148. The van der Waals surface area contributed by atoms with Crippen LogP contribution in [-0.2, 0) is 14.3 Å². The van der Waals surface area contributed by atoms with Crippen molar-refractivity contribution in [3.05, 3.63) is 0 Å². The van der Waals surface area contributed by atoms with Crippen LogP contribution in [-0.4, -0.2) is 47.0 Å². The maximum atomic E-state index is 10.7. The maximum absolute atomic E-state index is 10.7. The van der Waals surface area contributed by atoms with Gasteiger partial charge in [0.1, 0.15) is 0 Å². The molecule has 4 unspecified atom stereocenters. The van der Waals surface area contributed by atoms with Gasteiger partial charge in [0.05, 0.1) is 12.2 Å². The zero-order valence-corrected chi connectivity index (χ0v) is 10.2. The first kappa shape index (κ1) is 12.2. The molecule has 2 fully saturated rings. The smallest absolute Gasteiger partial charge is 0.332 e. The summed E-state index contributed by atoms with van der Waals surface area (Å²) in [7, 11) is 0. The van der Waals surface area contributed by atoms with Gasteiger partial charge in [0.2, 0.25) is 0 Å². The van der Waals surface area contributed by atoms with Gasteiger partial charge in [-0.3, -0.25) is 0 Å². The number of hydrogen-bond acceptors (Lipinski definition) is 4. The van der Waals surface area contributed by atoms with Crippen molar-refractivity contribution in [3.63, 3.8) is 0 Å². The predicted molar refractivity (Wildman–Crippen MR) is 61.8 cm³/mol. The Morgan fingerprint density at radius 1 is 1.44 bits per heavy atom. The molecule has 0 aromatic heterocycles. The molecule has 2 saturated heterocycles. The molecule has 0 aromatic carbocycles. The number of rotatable bonds is 4. The van der Waals surface area contributed by atoms with Gasteiger partial charge in [0.25, 0.3) is 0 Å². The predicted octanol–water partition coefficient (Wildman–Crippen LogP) is 1.53. The highest BCUT2D eigenvalue weighted by Gasteiger charge is 2.32. The molecular formula is C11H18O4S. The number of carbonyl (C=O) groups is 1. The Morgan fingerprint density at radius 3 is 2.81 bits per heavy atom. The van der Waals surface area contributed by atoms with Crippen LogP contribution in [0.4, 0.5) is 0 Å². The van der Waals surface area contributed by atoms with E-state index < -0.39 is 12.1 Å². The molecule has 2 heterocycles. The summed E-state index contributed by atoms with van der Waals surface area (Å²) in [5.74, 6) is 0.0624. The van der Waals surface area contributed by atoms with E-state index in [0.29, 0.717) is 17.8 Å². The topological polar surface area (TPSA) is 55.8 Å². The van der Waals surface area contributed by atoms with E-state index in [9.17, 15) is 4.79 Å². The fourth-order valence-corrected chi connectivity index (χ4v) is 3.49. The molecule has 5 heteroatoms. The highest BCUT2D eigenvalue weighted by Crippen LogP contribution is 2.30. The summed E-state index contributed by atoms with van der Waals surface area (Å²) in [6, 6.07) is 0. The van der Waals surface area contributed by atoms with Crippen LogP contribution in [0.15, 0.2) is 0 Å². The molecule has 1 N–H and O–H groups in total. The number of thioether (sulfide) groups is 1. The molecule has 0 aliphatic carbocycles. The van der Waals surface area contributed by atoms with E-state index in [4.69, 9.17) is 14.6 Å². The van der Waals surface area contributed by atoms with E-state index in [1.807, 2.05) is 11.8 Å². The van der Waals surface area contributed by atoms with Gasteiger partial charge < -0.3 is 14.6 Å². The number of carboxylic acid groups (broad SMARTS) is 1. The van der Waals surface area contributed by atoms with Gasteiger partial charge in [0, 0.05) is 17.6 Å². The minimum absolute atomic E-state index is 0.110. The van der Waals surface area contributed by atoms with E-state index in [-0.39, 0.29) is 6.10 Å². The quantitative estimate of drug-likeness (QED) is 0.815. The molecule has 4 nitrogen and oxygen atoms in total. The Balaban J connectivity index is 1.69. The number of hydrogen-bond donors (Lipinski definition) is 1. The fourth-order valence-electron chi connectivity index (χ4n) is 2.17. The van der Waals surface area contributed by atoms with Gasteiger partial charge in [-0.25, -0.2) is 4.79 Å². The van der Waals surface area contributed by atoms with Crippen molar-refractivity contribution in [1.82, 2.24) is 0 Å². The molecule has 0 bridgehead atoms. The van der Waals surface area contributed by atoms with Crippen LogP contribution in [0.5, 0.6) is 0 Å². The molecule has 2 rings (SSSR count). The third kappa shape index (κ3) is 2.90. The van der Waals surface area contributed by atoms with Crippen molar-refractivity contribution in [2.24, 2.45) is 0 Å². The number of ether oxygens (including phenoxy) is 2. The lowest BCUT2D eigenvalue weighted by atomic mass is 10.2. The van der Waals surface area contributed by atoms with Crippen molar-refractivity contribution < 1.29 is 19.4 Å². The summed E-state index contributed by atoms with van der Waals surface area (Å²) >= 11 is 1.86. The van der Waals surface area contributed by atoms with Gasteiger partial charge in [-0.1, -0.05) is 0 Å². The third-order valence-electron chi connectivity index (χ3n) is 3.19. The molecule has 92 valence electrons. The highest BCUT2D eigenvalue weighted by molar-refractivity contribution is 8.00. The summed E-state index contributed by atoms with van der Waals surface area (Å²) in [5.41, 5.74) is 0. The van der Waals surface area contributed by atoms with Crippen molar-refractivity contribution in [1.29, 1.82) is 0 Å². The number of carboxylic acids is 1.